The van der Waals surface area contributed by atoms with Gasteiger partial charge in [0.1, 0.15) is 5.76 Å². The summed E-state index contributed by atoms with van der Waals surface area (Å²) in [5.41, 5.74) is 0.552. The van der Waals surface area contributed by atoms with Gasteiger partial charge in [-0.25, -0.2) is 0 Å². The summed E-state index contributed by atoms with van der Waals surface area (Å²) in [4.78, 5) is 37.0. The van der Waals surface area contributed by atoms with Crippen molar-refractivity contribution >= 4 is 16.9 Å². The van der Waals surface area contributed by atoms with Crippen molar-refractivity contribution in [2.24, 2.45) is 7.05 Å². The van der Waals surface area contributed by atoms with Crippen molar-refractivity contribution in [3.05, 3.63) is 74.1 Å². The fourth-order valence-electron chi connectivity index (χ4n) is 3.31. The van der Waals surface area contributed by atoms with Crippen LogP contribution >= 0.6 is 0 Å². The average Bonchev–Trinajstić information content (AvgIpc) is 2.58. The summed E-state index contributed by atoms with van der Waals surface area (Å²) in [6, 6.07) is 10.5. The van der Waals surface area contributed by atoms with Gasteiger partial charge >= 0.3 is 5.97 Å². The number of fused-ring (bicyclic) bond motifs is 2. The molecule has 6 heteroatoms. The van der Waals surface area contributed by atoms with Crippen LogP contribution in [0.2, 0.25) is 0 Å². The molecule has 25 heavy (non-hydrogen) atoms. The smallest absolute Gasteiger partial charge is 0.312 e. The third-order valence-electron chi connectivity index (χ3n) is 4.49. The molecule has 0 saturated heterocycles. The minimum absolute atomic E-state index is 0.0486. The van der Waals surface area contributed by atoms with Crippen LogP contribution in [0.5, 0.6) is 5.75 Å². The molecule has 1 aliphatic rings. The summed E-state index contributed by atoms with van der Waals surface area (Å²) in [5, 5.41) is 0.870. The number of rotatable bonds is 1. The van der Waals surface area contributed by atoms with Crippen molar-refractivity contribution in [1.82, 2.24) is 4.57 Å². The zero-order chi connectivity index (χ0) is 17.7. The van der Waals surface area contributed by atoms with Gasteiger partial charge in [0.05, 0.1) is 17.9 Å². The normalized spacial score (nSPS) is 16.6. The van der Waals surface area contributed by atoms with Crippen molar-refractivity contribution in [2.45, 2.75) is 19.3 Å². The third-order valence-corrected chi connectivity index (χ3v) is 4.49. The number of hydrogen-bond donors (Lipinski definition) is 0. The highest BCUT2D eigenvalue weighted by molar-refractivity contribution is 5.81. The highest BCUT2D eigenvalue weighted by Gasteiger charge is 2.35. The molecule has 0 radical (unpaired) electrons. The zero-order valence-corrected chi connectivity index (χ0v) is 13.7. The summed E-state index contributed by atoms with van der Waals surface area (Å²) in [6.45, 7) is 1.65. The van der Waals surface area contributed by atoms with Crippen LogP contribution in [0.1, 0.15) is 29.4 Å². The molecule has 0 aliphatic carbocycles. The number of aromatic nitrogens is 1. The lowest BCUT2D eigenvalue weighted by molar-refractivity contribution is -0.136. The molecular weight excluding hydrogens is 322 g/mol. The van der Waals surface area contributed by atoms with Crippen LogP contribution < -0.4 is 15.7 Å². The second-order valence-corrected chi connectivity index (χ2v) is 6.17. The maximum Gasteiger partial charge on any atom is 0.312 e. The Labute approximate surface area is 142 Å². The number of hydrogen-bond acceptors (Lipinski definition) is 5. The van der Waals surface area contributed by atoms with E-state index >= 15 is 0 Å². The standard InChI is InChI=1S/C19H15NO5/c1-10-7-15(21)18-17(24-10)12(9-16(22)25-18)13-8-11-5-3-4-6-14(11)20(2)19(13)23/h3-8,12H,9H2,1-2H3. The van der Waals surface area contributed by atoms with E-state index in [1.807, 2.05) is 24.3 Å². The number of carbonyl (C=O) groups excluding carboxylic acids is 1. The lowest BCUT2D eigenvalue weighted by Crippen LogP contribution is -2.30. The first-order valence-electron chi connectivity index (χ1n) is 7.89. The van der Waals surface area contributed by atoms with Gasteiger partial charge < -0.3 is 13.7 Å². The van der Waals surface area contributed by atoms with E-state index in [4.69, 9.17) is 9.15 Å². The Bertz CT molecular complexity index is 1140. The minimum Gasteiger partial charge on any atom is -0.462 e. The monoisotopic (exact) mass is 337 g/mol. The van der Waals surface area contributed by atoms with E-state index in [0.717, 1.165) is 10.9 Å². The van der Waals surface area contributed by atoms with Crippen LogP contribution in [0.3, 0.4) is 0 Å². The van der Waals surface area contributed by atoms with E-state index < -0.39 is 17.3 Å². The fourth-order valence-corrected chi connectivity index (χ4v) is 3.31. The number of ether oxygens (including phenoxy) is 1. The van der Waals surface area contributed by atoms with Gasteiger partial charge in [-0.2, -0.15) is 0 Å². The van der Waals surface area contributed by atoms with E-state index in [0.29, 0.717) is 11.3 Å². The molecule has 2 aromatic heterocycles. The van der Waals surface area contributed by atoms with Gasteiger partial charge in [0.2, 0.25) is 11.2 Å². The first-order valence-corrected chi connectivity index (χ1v) is 7.89. The predicted molar refractivity (Wildman–Crippen MR) is 91.0 cm³/mol. The largest absolute Gasteiger partial charge is 0.462 e. The Kier molecular flexibility index (Phi) is 3.35. The molecule has 3 aromatic rings. The van der Waals surface area contributed by atoms with Gasteiger partial charge in [0, 0.05) is 18.7 Å². The molecule has 6 nitrogen and oxygen atoms in total. The van der Waals surface area contributed by atoms with Gasteiger partial charge in [0.15, 0.2) is 5.76 Å². The molecule has 1 unspecified atom stereocenters. The van der Waals surface area contributed by atoms with E-state index in [9.17, 15) is 14.4 Å². The lowest BCUT2D eigenvalue weighted by Gasteiger charge is -2.23. The summed E-state index contributed by atoms with van der Waals surface area (Å²) in [5.74, 6) is -0.681. The Balaban J connectivity index is 2.02. The topological polar surface area (TPSA) is 78.5 Å². The van der Waals surface area contributed by atoms with Gasteiger partial charge in [-0.3, -0.25) is 14.4 Å². The van der Waals surface area contributed by atoms with E-state index in [2.05, 4.69) is 0 Å². The van der Waals surface area contributed by atoms with E-state index in [1.165, 1.54) is 10.6 Å². The van der Waals surface area contributed by atoms with Crippen LogP contribution in [0.4, 0.5) is 0 Å². The minimum atomic E-state index is -0.646. The maximum atomic E-state index is 12.9. The van der Waals surface area contributed by atoms with E-state index in [-0.39, 0.29) is 23.5 Å². The Morgan fingerprint density at radius 2 is 1.88 bits per heavy atom. The number of esters is 1. The number of pyridine rings is 1. The lowest BCUT2D eigenvalue weighted by atomic mass is 9.90. The highest BCUT2D eigenvalue weighted by atomic mass is 16.5. The quantitative estimate of drug-likeness (QED) is 0.636. The number of para-hydroxylation sites is 1. The summed E-state index contributed by atoms with van der Waals surface area (Å²) >= 11 is 0. The SMILES string of the molecule is Cc1cc(=O)c2c(o1)C(c1cc3ccccc3n(C)c1=O)CC(=O)O2. The van der Waals surface area contributed by atoms with Crippen molar-refractivity contribution < 1.29 is 13.9 Å². The average molecular weight is 337 g/mol. The molecule has 0 spiro atoms. The first-order chi connectivity index (χ1) is 12.0. The molecule has 4 rings (SSSR count). The van der Waals surface area contributed by atoms with Crippen LogP contribution in [0.15, 0.2) is 50.4 Å². The van der Waals surface area contributed by atoms with Crippen LogP contribution in [0, 0.1) is 6.92 Å². The van der Waals surface area contributed by atoms with Crippen molar-refractivity contribution in [1.29, 1.82) is 0 Å². The molecular formula is C19H15NO5. The van der Waals surface area contributed by atoms with Crippen LogP contribution in [-0.4, -0.2) is 10.5 Å². The first kappa shape index (κ1) is 15.4. The van der Waals surface area contributed by atoms with Crippen molar-refractivity contribution in [3.63, 3.8) is 0 Å². The molecule has 1 atom stereocenters. The van der Waals surface area contributed by atoms with Gasteiger partial charge in [-0.05, 0) is 24.4 Å². The number of benzene rings is 1. The molecule has 0 N–H and O–H groups in total. The van der Waals surface area contributed by atoms with Gasteiger partial charge in [-0.15, -0.1) is 0 Å². The molecule has 0 fully saturated rings. The Morgan fingerprint density at radius 3 is 2.68 bits per heavy atom. The summed E-state index contributed by atoms with van der Waals surface area (Å²) in [7, 11) is 1.68. The fraction of sp³-hybridized carbons (Fsp3) is 0.211. The Hall–Kier alpha value is -3.15. The molecule has 126 valence electrons. The van der Waals surface area contributed by atoms with Crippen molar-refractivity contribution in [2.75, 3.05) is 0 Å². The second-order valence-electron chi connectivity index (χ2n) is 6.17. The number of aryl methyl sites for hydroxylation is 2. The highest BCUT2D eigenvalue weighted by Crippen LogP contribution is 2.36. The van der Waals surface area contributed by atoms with Crippen LogP contribution in [-0.2, 0) is 11.8 Å². The van der Waals surface area contributed by atoms with Gasteiger partial charge in [-0.1, -0.05) is 18.2 Å². The van der Waals surface area contributed by atoms with Crippen molar-refractivity contribution in [3.8, 4) is 5.75 Å². The zero-order valence-electron chi connectivity index (χ0n) is 13.7. The number of carbonyl (C=O) groups is 1. The molecule has 1 aromatic carbocycles. The maximum absolute atomic E-state index is 12.9. The predicted octanol–water partition coefficient (Wildman–Crippen LogP) is 2.24. The van der Waals surface area contributed by atoms with E-state index in [1.54, 1.807) is 20.0 Å². The molecule has 0 bridgehead atoms. The number of nitrogens with zero attached hydrogens (tertiary/aromatic N) is 1. The molecule has 1 aliphatic heterocycles. The molecule has 0 saturated carbocycles. The third kappa shape index (κ3) is 2.38. The second kappa shape index (κ2) is 5.44. The summed E-state index contributed by atoms with van der Waals surface area (Å²) in [6.07, 6.45) is -0.0486. The Morgan fingerprint density at radius 1 is 1.12 bits per heavy atom. The van der Waals surface area contributed by atoms with Crippen LogP contribution in [0.25, 0.3) is 10.9 Å². The molecule has 0 amide bonds. The molecule has 3 heterocycles. The van der Waals surface area contributed by atoms with Gasteiger partial charge in [0.25, 0.3) is 5.56 Å². The summed E-state index contributed by atoms with van der Waals surface area (Å²) < 4.78 is 12.3.